The van der Waals surface area contributed by atoms with E-state index in [1.807, 2.05) is 54.6 Å². The van der Waals surface area contributed by atoms with Gasteiger partial charge in [-0.15, -0.1) is 0 Å². The van der Waals surface area contributed by atoms with Crippen LogP contribution in [0.15, 0.2) is 88.2 Å². The van der Waals surface area contributed by atoms with Crippen molar-refractivity contribution in [3.63, 3.8) is 0 Å². The molecule has 0 bridgehead atoms. The first-order chi connectivity index (χ1) is 20.2. The van der Waals surface area contributed by atoms with Crippen LogP contribution in [0.3, 0.4) is 0 Å². The van der Waals surface area contributed by atoms with Crippen LogP contribution in [0.25, 0.3) is 0 Å². The molecule has 1 heterocycles. The summed E-state index contributed by atoms with van der Waals surface area (Å²) in [4.78, 5) is 42.1. The number of nitrogens with zero attached hydrogens (tertiary/aromatic N) is 2. The highest BCUT2D eigenvalue weighted by atomic mass is 79.9. The molecule has 10 heteroatoms. The summed E-state index contributed by atoms with van der Waals surface area (Å²) in [5.74, 6) is -1.05. The maximum absolute atomic E-state index is 13.9. The molecule has 0 spiro atoms. The van der Waals surface area contributed by atoms with Gasteiger partial charge in [-0.1, -0.05) is 83.4 Å². The van der Waals surface area contributed by atoms with E-state index >= 15 is 0 Å². The van der Waals surface area contributed by atoms with Gasteiger partial charge in [0.05, 0.1) is 5.56 Å². The van der Waals surface area contributed by atoms with Crippen molar-refractivity contribution in [2.24, 2.45) is 0 Å². The number of amides is 3. The van der Waals surface area contributed by atoms with Crippen LogP contribution in [0.1, 0.15) is 60.0 Å². The number of sulfonamides is 1. The molecule has 1 fully saturated rings. The Labute approximate surface area is 255 Å². The molecule has 5 rings (SSSR count). The summed E-state index contributed by atoms with van der Waals surface area (Å²) in [5, 5.41) is 3.18. The van der Waals surface area contributed by atoms with Crippen LogP contribution >= 0.6 is 15.9 Å². The summed E-state index contributed by atoms with van der Waals surface area (Å²) in [5.41, 5.74) is 1.95. The van der Waals surface area contributed by atoms with E-state index in [4.69, 9.17) is 0 Å². The van der Waals surface area contributed by atoms with Crippen molar-refractivity contribution in [1.82, 2.24) is 14.5 Å². The van der Waals surface area contributed by atoms with E-state index in [9.17, 15) is 22.8 Å². The van der Waals surface area contributed by atoms with Crippen LogP contribution < -0.4 is 5.32 Å². The Balaban J connectivity index is 1.37. The number of nitrogens with one attached hydrogen (secondary N) is 1. The molecule has 0 saturated heterocycles. The fourth-order valence-corrected chi connectivity index (χ4v) is 7.55. The van der Waals surface area contributed by atoms with Gasteiger partial charge < -0.3 is 10.2 Å². The highest BCUT2D eigenvalue weighted by Crippen LogP contribution is 2.30. The molecule has 1 atom stereocenters. The molecule has 42 heavy (non-hydrogen) atoms. The third kappa shape index (κ3) is 6.76. The van der Waals surface area contributed by atoms with E-state index in [2.05, 4.69) is 21.2 Å². The van der Waals surface area contributed by atoms with Gasteiger partial charge in [0.15, 0.2) is 0 Å². The fraction of sp³-hybridized carbons (Fsp3) is 0.344. The van der Waals surface area contributed by atoms with Crippen LogP contribution in [-0.4, -0.2) is 54.0 Å². The van der Waals surface area contributed by atoms with E-state index in [0.717, 1.165) is 45.6 Å². The topological polar surface area (TPSA) is 104 Å². The fourth-order valence-electron chi connectivity index (χ4n) is 5.68. The largest absolute Gasteiger partial charge is 0.352 e. The van der Waals surface area contributed by atoms with E-state index in [1.165, 1.54) is 12.1 Å². The van der Waals surface area contributed by atoms with E-state index in [-0.39, 0.29) is 54.2 Å². The second-order valence-corrected chi connectivity index (χ2v) is 13.6. The summed E-state index contributed by atoms with van der Waals surface area (Å²) in [6, 6.07) is 22.7. The molecule has 1 N–H and O–H groups in total. The molecule has 0 aromatic heterocycles. The maximum Gasteiger partial charge on any atom is 0.269 e. The van der Waals surface area contributed by atoms with Crippen LogP contribution in [0, 0.1) is 0 Å². The zero-order valence-electron chi connectivity index (χ0n) is 23.2. The maximum atomic E-state index is 13.9. The Kier molecular flexibility index (Phi) is 9.43. The van der Waals surface area contributed by atoms with Crippen molar-refractivity contribution >= 4 is 43.7 Å². The molecule has 1 aliphatic carbocycles. The second-order valence-electron chi connectivity index (χ2n) is 10.8. The van der Waals surface area contributed by atoms with Gasteiger partial charge in [-0.05, 0) is 54.7 Å². The van der Waals surface area contributed by atoms with Crippen molar-refractivity contribution in [2.45, 2.75) is 68.5 Å². The van der Waals surface area contributed by atoms with Crippen molar-refractivity contribution < 1.29 is 22.8 Å². The minimum absolute atomic E-state index is 0.00954. The summed E-state index contributed by atoms with van der Waals surface area (Å²) < 4.78 is 27.7. The Morgan fingerprint density at radius 2 is 1.60 bits per heavy atom. The van der Waals surface area contributed by atoms with Gasteiger partial charge in [-0.3, -0.25) is 14.4 Å². The SMILES string of the molecule is O=C(NC1CCCC1)[C@@H](Cc1ccccc1)N(Cc1ccc(Br)cc1)C(=O)CCCN1C(=O)c2ccccc2S1(=O)=O. The number of halogens is 1. The molecule has 0 unspecified atom stereocenters. The first-order valence-electron chi connectivity index (χ1n) is 14.3. The van der Waals surface area contributed by atoms with E-state index in [0.29, 0.717) is 6.42 Å². The molecule has 0 radical (unpaired) electrons. The number of carbonyl (C=O) groups is 3. The van der Waals surface area contributed by atoms with Crippen LogP contribution in [0.4, 0.5) is 0 Å². The van der Waals surface area contributed by atoms with E-state index < -0.39 is 22.0 Å². The molecule has 2 aliphatic rings. The van der Waals surface area contributed by atoms with Crippen molar-refractivity contribution in [3.8, 4) is 0 Å². The Morgan fingerprint density at radius 3 is 2.29 bits per heavy atom. The van der Waals surface area contributed by atoms with Crippen LogP contribution in [0.2, 0.25) is 0 Å². The molecule has 1 saturated carbocycles. The minimum atomic E-state index is -3.96. The standard InChI is InChI=1S/C32H34BrN3O5S/c33-25-18-16-24(17-19-25)22-35(28(21-23-9-2-1-3-10-23)31(38)34-26-11-4-5-12-26)30(37)15-8-20-36-32(39)27-13-6-7-14-29(27)42(36,40)41/h1-3,6-7,9-10,13-14,16-19,26,28H,4-5,8,11-12,15,20-22H2,(H,34,38)/t28-/m1/s1. The quantitative estimate of drug-likeness (QED) is 0.312. The number of hydrogen-bond acceptors (Lipinski definition) is 5. The average Bonchev–Trinajstić information content (AvgIpc) is 3.57. The highest BCUT2D eigenvalue weighted by Gasteiger charge is 2.40. The predicted octanol–water partition coefficient (Wildman–Crippen LogP) is 5.07. The van der Waals surface area contributed by atoms with Gasteiger partial charge in [0, 0.05) is 36.4 Å². The van der Waals surface area contributed by atoms with Crippen molar-refractivity contribution in [1.29, 1.82) is 0 Å². The molecule has 3 aromatic rings. The third-order valence-corrected chi connectivity index (χ3v) is 10.3. The normalized spacial score (nSPS) is 16.7. The summed E-state index contributed by atoms with van der Waals surface area (Å²) in [6.45, 7) is 0.0966. The third-order valence-electron chi connectivity index (χ3n) is 7.90. The zero-order chi connectivity index (χ0) is 29.7. The van der Waals surface area contributed by atoms with Crippen LogP contribution in [0.5, 0.6) is 0 Å². The average molecular weight is 653 g/mol. The van der Waals surface area contributed by atoms with Gasteiger partial charge in [0.2, 0.25) is 11.8 Å². The number of rotatable bonds is 11. The number of hydrogen-bond donors (Lipinski definition) is 1. The minimum Gasteiger partial charge on any atom is -0.352 e. The zero-order valence-corrected chi connectivity index (χ0v) is 25.6. The monoisotopic (exact) mass is 651 g/mol. The van der Waals surface area contributed by atoms with Crippen LogP contribution in [-0.2, 0) is 32.6 Å². The summed E-state index contributed by atoms with van der Waals surface area (Å²) in [6.07, 6.45) is 4.44. The first-order valence-corrected chi connectivity index (χ1v) is 16.5. The lowest BCUT2D eigenvalue weighted by molar-refractivity contribution is -0.141. The molecular weight excluding hydrogens is 618 g/mol. The van der Waals surface area contributed by atoms with Crippen molar-refractivity contribution in [3.05, 3.63) is 100 Å². The molecule has 8 nitrogen and oxygen atoms in total. The summed E-state index contributed by atoms with van der Waals surface area (Å²) in [7, 11) is -3.96. The lowest BCUT2D eigenvalue weighted by atomic mass is 10.0. The Morgan fingerprint density at radius 1 is 0.929 bits per heavy atom. The van der Waals surface area contributed by atoms with Gasteiger partial charge in [-0.25, -0.2) is 12.7 Å². The lowest BCUT2D eigenvalue weighted by Gasteiger charge is -2.32. The number of fused-ring (bicyclic) bond motifs is 1. The van der Waals surface area contributed by atoms with E-state index in [1.54, 1.807) is 17.0 Å². The number of benzene rings is 3. The Bertz CT molecular complexity index is 1540. The lowest BCUT2D eigenvalue weighted by Crippen LogP contribution is -2.52. The smallest absolute Gasteiger partial charge is 0.269 e. The molecule has 3 aromatic carbocycles. The first kappa shape index (κ1) is 30.0. The van der Waals surface area contributed by atoms with Gasteiger partial charge in [0.25, 0.3) is 15.9 Å². The summed E-state index contributed by atoms with van der Waals surface area (Å²) >= 11 is 3.45. The number of carbonyl (C=O) groups excluding carboxylic acids is 3. The Hall–Kier alpha value is -3.50. The molecule has 3 amide bonds. The predicted molar refractivity (Wildman–Crippen MR) is 163 cm³/mol. The van der Waals surface area contributed by atoms with Gasteiger partial charge in [-0.2, -0.15) is 0 Å². The highest BCUT2D eigenvalue weighted by molar-refractivity contribution is 9.10. The molecule has 220 valence electrons. The molecule has 1 aliphatic heterocycles. The second kappa shape index (κ2) is 13.2. The van der Waals surface area contributed by atoms with Gasteiger partial charge >= 0.3 is 0 Å². The van der Waals surface area contributed by atoms with Gasteiger partial charge in [0.1, 0.15) is 10.9 Å². The van der Waals surface area contributed by atoms with Crippen molar-refractivity contribution in [2.75, 3.05) is 6.54 Å². The molecular formula is C32H34BrN3O5S.